The average Bonchev–Trinajstić information content (AvgIpc) is 3.17. The molecular formula is C22H20O5S. The first-order chi connectivity index (χ1) is 13.6. The van der Waals surface area contributed by atoms with Gasteiger partial charge in [0.1, 0.15) is 17.9 Å². The standard InChI is InChI=1S/C22H20O5S/c1-25-17-6-8-19-16(10-21(23)27-20(19)11-17)12-26-22(24)13-28-18-7-5-14-3-2-4-15(14)9-18/h5-11H,2-4,12-13H2,1H3. The second-order valence-corrected chi connectivity index (χ2v) is 7.73. The minimum absolute atomic E-state index is 0.0258. The van der Waals surface area contributed by atoms with Gasteiger partial charge in [0.25, 0.3) is 0 Å². The zero-order chi connectivity index (χ0) is 19.5. The zero-order valence-corrected chi connectivity index (χ0v) is 16.3. The van der Waals surface area contributed by atoms with E-state index in [4.69, 9.17) is 13.9 Å². The summed E-state index contributed by atoms with van der Waals surface area (Å²) >= 11 is 1.47. The van der Waals surface area contributed by atoms with Gasteiger partial charge in [0.15, 0.2) is 0 Å². The highest BCUT2D eigenvalue weighted by Gasteiger charge is 2.13. The number of hydrogen-bond acceptors (Lipinski definition) is 6. The highest BCUT2D eigenvalue weighted by atomic mass is 32.2. The normalized spacial score (nSPS) is 12.8. The summed E-state index contributed by atoms with van der Waals surface area (Å²) in [6.07, 6.45) is 3.46. The molecule has 28 heavy (non-hydrogen) atoms. The number of carbonyl (C=O) groups excluding carboxylic acids is 1. The van der Waals surface area contributed by atoms with Crippen molar-refractivity contribution >= 4 is 28.7 Å². The molecule has 144 valence electrons. The molecule has 0 unspecified atom stereocenters. The Bertz CT molecular complexity index is 1090. The Hall–Kier alpha value is -2.73. The third-order valence-electron chi connectivity index (χ3n) is 4.85. The number of ether oxygens (including phenoxy) is 2. The molecule has 2 aromatic carbocycles. The number of benzene rings is 2. The van der Waals surface area contributed by atoms with E-state index in [2.05, 4.69) is 18.2 Å². The summed E-state index contributed by atoms with van der Waals surface area (Å²) < 4.78 is 15.8. The van der Waals surface area contributed by atoms with E-state index in [9.17, 15) is 9.59 Å². The first-order valence-electron chi connectivity index (χ1n) is 9.13. The zero-order valence-electron chi connectivity index (χ0n) is 15.5. The van der Waals surface area contributed by atoms with E-state index in [1.807, 2.05) is 0 Å². The third-order valence-corrected chi connectivity index (χ3v) is 5.82. The fraction of sp³-hybridized carbons (Fsp3) is 0.273. The fourth-order valence-electron chi connectivity index (χ4n) is 3.44. The highest BCUT2D eigenvalue weighted by Crippen LogP contribution is 2.28. The van der Waals surface area contributed by atoms with E-state index in [0.717, 1.165) is 23.1 Å². The molecule has 5 nitrogen and oxygen atoms in total. The molecular weight excluding hydrogens is 376 g/mol. The molecule has 1 aliphatic carbocycles. The topological polar surface area (TPSA) is 65.7 Å². The van der Waals surface area contributed by atoms with Gasteiger partial charge in [-0.15, -0.1) is 11.8 Å². The summed E-state index contributed by atoms with van der Waals surface area (Å²) in [5, 5.41) is 0.722. The Kier molecular flexibility index (Phi) is 5.39. The van der Waals surface area contributed by atoms with Gasteiger partial charge in [-0.05, 0) is 54.7 Å². The van der Waals surface area contributed by atoms with Gasteiger partial charge in [0.05, 0.1) is 12.9 Å². The Morgan fingerprint density at radius 1 is 1.11 bits per heavy atom. The summed E-state index contributed by atoms with van der Waals surface area (Å²) in [5.41, 5.74) is 3.34. The third kappa shape index (κ3) is 4.07. The van der Waals surface area contributed by atoms with Gasteiger partial charge in [-0.3, -0.25) is 4.79 Å². The molecule has 0 amide bonds. The summed E-state index contributed by atoms with van der Waals surface area (Å²) in [4.78, 5) is 25.1. The van der Waals surface area contributed by atoms with Gasteiger partial charge in [-0.2, -0.15) is 0 Å². The number of carbonyl (C=O) groups is 1. The second-order valence-electron chi connectivity index (χ2n) is 6.69. The van der Waals surface area contributed by atoms with E-state index in [-0.39, 0.29) is 18.3 Å². The predicted molar refractivity (Wildman–Crippen MR) is 108 cm³/mol. The summed E-state index contributed by atoms with van der Waals surface area (Å²) in [7, 11) is 1.55. The molecule has 0 N–H and O–H groups in total. The Morgan fingerprint density at radius 3 is 2.82 bits per heavy atom. The molecule has 3 aromatic rings. The Balaban J connectivity index is 1.40. The Labute approximate surface area is 166 Å². The summed E-state index contributed by atoms with van der Waals surface area (Å²) in [6, 6.07) is 13.0. The molecule has 0 aliphatic heterocycles. The summed E-state index contributed by atoms with van der Waals surface area (Å²) in [6.45, 7) is 0.0258. The number of rotatable bonds is 6. The van der Waals surface area contributed by atoms with Crippen molar-refractivity contribution in [2.24, 2.45) is 0 Å². The van der Waals surface area contributed by atoms with Crippen LogP contribution in [-0.4, -0.2) is 18.8 Å². The monoisotopic (exact) mass is 396 g/mol. The van der Waals surface area contributed by atoms with Crippen molar-refractivity contribution in [3.8, 4) is 5.75 Å². The molecule has 0 radical (unpaired) electrons. The van der Waals surface area contributed by atoms with Crippen molar-refractivity contribution in [3.05, 3.63) is 69.6 Å². The van der Waals surface area contributed by atoms with Crippen molar-refractivity contribution in [1.29, 1.82) is 0 Å². The SMILES string of the molecule is COc1ccc2c(COC(=O)CSc3ccc4c(c3)CCC4)cc(=O)oc2c1. The van der Waals surface area contributed by atoms with Crippen molar-refractivity contribution in [2.45, 2.75) is 30.8 Å². The lowest BCUT2D eigenvalue weighted by atomic mass is 10.1. The number of thioether (sulfide) groups is 1. The first-order valence-corrected chi connectivity index (χ1v) is 10.1. The van der Waals surface area contributed by atoms with E-state index >= 15 is 0 Å². The molecule has 0 spiro atoms. The van der Waals surface area contributed by atoms with Crippen LogP contribution in [0.4, 0.5) is 0 Å². The molecule has 4 rings (SSSR count). The van der Waals surface area contributed by atoms with Gasteiger partial charge in [0.2, 0.25) is 0 Å². The molecule has 6 heteroatoms. The minimum atomic E-state index is -0.487. The lowest BCUT2D eigenvalue weighted by molar-refractivity contribution is -0.141. The van der Waals surface area contributed by atoms with Crippen molar-refractivity contribution in [3.63, 3.8) is 0 Å². The lowest BCUT2D eigenvalue weighted by Crippen LogP contribution is -2.09. The van der Waals surface area contributed by atoms with Crippen LogP contribution < -0.4 is 10.4 Å². The Morgan fingerprint density at radius 2 is 1.96 bits per heavy atom. The van der Waals surface area contributed by atoms with Gasteiger partial charge < -0.3 is 13.9 Å². The number of hydrogen-bond donors (Lipinski definition) is 0. The quantitative estimate of drug-likeness (QED) is 0.355. The molecule has 1 aromatic heterocycles. The van der Waals surface area contributed by atoms with Gasteiger partial charge >= 0.3 is 11.6 Å². The molecule has 0 saturated carbocycles. The van der Waals surface area contributed by atoms with Crippen LogP contribution in [0, 0.1) is 0 Å². The van der Waals surface area contributed by atoms with Crippen LogP contribution >= 0.6 is 11.8 Å². The predicted octanol–water partition coefficient (Wildman–Crippen LogP) is 4.13. The number of aryl methyl sites for hydroxylation is 2. The molecule has 1 aliphatic rings. The van der Waals surface area contributed by atoms with Crippen molar-refractivity contribution < 1.29 is 18.7 Å². The van der Waals surface area contributed by atoms with Crippen LogP contribution in [0.15, 0.2) is 56.6 Å². The number of fused-ring (bicyclic) bond motifs is 2. The fourth-order valence-corrected chi connectivity index (χ4v) is 4.19. The minimum Gasteiger partial charge on any atom is -0.497 e. The van der Waals surface area contributed by atoms with Crippen LogP contribution in [-0.2, 0) is 29.0 Å². The summed E-state index contributed by atoms with van der Waals surface area (Å²) in [5.74, 6) is 0.502. The molecule has 1 heterocycles. The molecule has 0 fully saturated rings. The molecule has 0 bridgehead atoms. The maximum absolute atomic E-state index is 12.2. The first kappa shape index (κ1) is 18.6. The van der Waals surface area contributed by atoms with Crippen LogP contribution in [0.2, 0.25) is 0 Å². The largest absolute Gasteiger partial charge is 0.497 e. The maximum Gasteiger partial charge on any atom is 0.336 e. The van der Waals surface area contributed by atoms with Gasteiger partial charge in [-0.25, -0.2) is 4.79 Å². The van der Waals surface area contributed by atoms with E-state index in [1.165, 1.54) is 35.4 Å². The van der Waals surface area contributed by atoms with E-state index < -0.39 is 5.63 Å². The molecule has 0 atom stereocenters. The maximum atomic E-state index is 12.2. The van der Waals surface area contributed by atoms with Crippen LogP contribution in [0.5, 0.6) is 5.75 Å². The van der Waals surface area contributed by atoms with Gasteiger partial charge in [0, 0.05) is 28.0 Å². The van der Waals surface area contributed by atoms with Crippen LogP contribution in [0.25, 0.3) is 11.0 Å². The number of esters is 1. The molecule has 0 saturated heterocycles. The van der Waals surface area contributed by atoms with Crippen molar-refractivity contribution in [1.82, 2.24) is 0 Å². The highest BCUT2D eigenvalue weighted by molar-refractivity contribution is 8.00. The van der Waals surface area contributed by atoms with Crippen molar-refractivity contribution in [2.75, 3.05) is 12.9 Å². The van der Waals surface area contributed by atoms with Gasteiger partial charge in [-0.1, -0.05) is 6.07 Å². The number of methoxy groups -OCH3 is 1. The second kappa shape index (κ2) is 8.10. The van der Waals surface area contributed by atoms with E-state index in [1.54, 1.807) is 25.3 Å². The van der Waals surface area contributed by atoms with E-state index in [0.29, 0.717) is 16.9 Å². The van der Waals surface area contributed by atoms with Crippen LogP contribution in [0.3, 0.4) is 0 Å². The van der Waals surface area contributed by atoms with Crippen LogP contribution in [0.1, 0.15) is 23.1 Å². The average molecular weight is 396 g/mol. The smallest absolute Gasteiger partial charge is 0.336 e. The lowest BCUT2D eigenvalue weighted by Gasteiger charge is -2.09.